The SMILES string of the molecule is [CH3][Ge]([CH3])([CH3])[c]1cc(CNC(=O)CN2CCN(CC(=O)O)CCN(CC(=O)O)CCN(CC(=O)O)CC2)cc(-c2nncnn2)c1. The molecule has 1 amide bonds. The van der Waals surface area contributed by atoms with Crippen LogP contribution in [0.4, 0.5) is 0 Å². The topological polar surface area (TPSA) is 206 Å². The summed E-state index contributed by atoms with van der Waals surface area (Å²) in [5.74, 6) is 3.96. The van der Waals surface area contributed by atoms with Gasteiger partial charge in [0, 0.05) is 13.1 Å². The molecule has 1 aromatic carbocycles. The van der Waals surface area contributed by atoms with Crippen LogP contribution in [0.3, 0.4) is 0 Å². The van der Waals surface area contributed by atoms with Crippen LogP contribution in [-0.4, -0.2) is 171 Å². The van der Waals surface area contributed by atoms with Crippen molar-refractivity contribution in [1.29, 1.82) is 0 Å². The molecule has 2 aromatic rings. The summed E-state index contributed by atoms with van der Waals surface area (Å²) in [7, 11) is 0. The van der Waals surface area contributed by atoms with Crippen LogP contribution in [0.2, 0.25) is 17.3 Å². The average molecular weight is 690 g/mol. The number of aliphatic carboxylic acids is 3. The van der Waals surface area contributed by atoms with Crippen molar-refractivity contribution in [2.75, 3.05) is 78.5 Å². The van der Waals surface area contributed by atoms with Crippen LogP contribution in [0.25, 0.3) is 11.4 Å². The molecule has 16 nitrogen and oxygen atoms in total. The van der Waals surface area contributed by atoms with Crippen LogP contribution in [0.5, 0.6) is 0 Å². The van der Waals surface area contributed by atoms with Crippen LogP contribution < -0.4 is 9.71 Å². The zero-order chi connectivity index (χ0) is 33.0. The molecule has 1 aliphatic rings. The Morgan fingerprint density at radius 1 is 0.689 bits per heavy atom. The minimum absolute atomic E-state index is 0.0340. The third kappa shape index (κ3) is 13.1. The molecule has 0 bridgehead atoms. The number of carbonyl (C=O) groups excluding carboxylic acids is 1. The van der Waals surface area contributed by atoms with Crippen LogP contribution >= 0.6 is 0 Å². The van der Waals surface area contributed by atoms with Gasteiger partial charge in [-0.15, -0.1) is 0 Å². The molecule has 2 heterocycles. The molecule has 0 saturated carbocycles. The van der Waals surface area contributed by atoms with E-state index in [-0.39, 0.29) is 38.6 Å². The summed E-state index contributed by atoms with van der Waals surface area (Å²) in [6.45, 7) is 2.26. The maximum atomic E-state index is 13.2. The van der Waals surface area contributed by atoms with Crippen LogP contribution in [0.1, 0.15) is 5.56 Å². The van der Waals surface area contributed by atoms with Gasteiger partial charge in [0.1, 0.15) is 0 Å². The summed E-state index contributed by atoms with van der Waals surface area (Å²) in [5.41, 5.74) is 1.67. The zero-order valence-electron chi connectivity index (χ0n) is 26.1. The first-order valence-electron chi connectivity index (χ1n) is 14.7. The molecule has 3 rings (SSSR count). The number of hydrogen-bond donors (Lipinski definition) is 4. The molecule has 1 saturated heterocycles. The molecular formula is C28H43GeN9O7. The van der Waals surface area contributed by atoms with Gasteiger partial charge in [0.2, 0.25) is 0 Å². The number of carboxylic acids is 3. The summed E-state index contributed by atoms with van der Waals surface area (Å²) in [4.78, 5) is 54.6. The van der Waals surface area contributed by atoms with Gasteiger partial charge in [-0.3, -0.25) is 19.3 Å². The number of rotatable bonds is 12. The first-order chi connectivity index (χ1) is 21.3. The molecule has 45 heavy (non-hydrogen) atoms. The Hall–Kier alpha value is -3.58. The quantitative estimate of drug-likeness (QED) is 0.189. The molecular weight excluding hydrogens is 647 g/mol. The average Bonchev–Trinajstić information content (AvgIpc) is 2.96. The predicted octanol–water partition coefficient (Wildman–Crippen LogP) is -1.43. The normalized spacial score (nSPS) is 16.8. The summed E-state index contributed by atoms with van der Waals surface area (Å²) in [6, 6.07) is 6.08. The zero-order valence-corrected chi connectivity index (χ0v) is 28.2. The molecule has 17 heteroatoms. The van der Waals surface area contributed by atoms with Crippen molar-refractivity contribution in [2.45, 2.75) is 23.8 Å². The van der Waals surface area contributed by atoms with Crippen molar-refractivity contribution >= 4 is 41.5 Å². The number of carbonyl (C=O) groups is 4. The first kappa shape index (κ1) is 35.9. The number of carboxylic acid groups (broad SMARTS) is 3. The van der Waals surface area contributed by atoms with Gasteiger partial charge in [0.15, 0.2) is 0 Å². The molecule has 4 N–H and O–H groups in total. The summed E-state index contributed by atoms with van der Waals surface area (Å²) in [5, 5.41) is 47.0. The van der Waals surface area contributed by atoms with Crippen molar-refractivity contribution in [1.82, 2.24) is 45.3 Å². The van der Waals surface area contributed by atoms with Gasteiger partial charge in [-0.2, -0.15) is 0 Å². The van der Waals surface area contributed by atoms with Gasteiger partial charge >= 0.3 is 211 Å². The number of benzene rings is 1. The monoisotopic (exact) mass is 691 g/mol. The fourth-order valence-corrected chi connectivity index (χ4v) is 7.45. The third-order valence-corrected chi connectivity index (χ3v) is 11.6. The Balaban J connectivity index is 1.73. The predicted molar refractivity (Wildman–Crippen MR) is 167 cm³/mol. The van der Waals surface area contributed by atoms with Gasteiger partial charge in [-0.25, -0.2) is 0 Å². The van der Waals surface area contributed by atoms with Crippen molar-refractivity contribution in [2.24, 2.45) is 0 Å². The third-order valence-electron chi connectivity index (χ3n) is 7.39. The second-order valence-electron chi connectivity index (χ2n) is 12.1. The van der Waals surface area contributed by atoms with E-state index < -0.39 is 31.2 Å². The maximum absolute atomic E-state index is 13.2. The van der Waals surface area contributed by atoms with Crippen LogP contribution in [0, 0.1) is 0 Å². The fraction of sp³-hybridized carbons (Fsp3) is 0.571. The van der Waals surface area contributed by atoms with E-state index >= 15 is 0 Å². The summed E-state index contributed by atoms with van der Waals surface area (Å²) >= 11 is -2.28. The van der Waals surface area contributed by atoms with Gasteiger partial charge < -0.3 is 15.3 Å². The van der Waals surface area contributed by atoms with E-state index in [0.29, 0.717) is 58.2 Å². The second kappa shape index (κ2) is 17.2. The molecule has 0 aliphatic carbocycles. The van der Waals surface area contributed by atoms with Crippen molar-refractivity contribution < 1.29 is 34.5 Å². The number of nitrogens with zero attached hydrogens (tertiary/aromatic N) is 8. The van der Waals surface area contributed by atoms with Gasteiger partial charge in [0.25, 0.3) is 0 Å². The Labute approximate surface area is 264 Å². The molecule has 0 unspecified atom stereocenters. The van der Waals surface area contributed by atoms with E-state index in [2.05, 4.69) is 55.1 Å². The van der Waals surface area contributed by atoms with Gasteiger partial charge in [-0.1, -0.05) is 0 Å². The minimum atomic E-state index is -2.28. The molecule has 0 radical (unpaired) electrons. The number of nitrogens with one attached hydrogen (secondary N) is 1. The van der Waals surface area contributed by atoms with E-state index in [1.807, 2.05) is 11.0 Å². The Kier molecular flexibility index (Phi) is 13.7. The molecule has 0 spiro atoms. The first-order valence-corrected chi connectivity index (χ1v) is 22.1. The summed E-state index contributed by atoms with van der Waals surface area (Å²) in [6.07, 6.45) is 1.27. The number of amides is 1. The molecule has 1 aromatic heterocycles. The van der Waals surface area contributed by atoms with Gasteiger partial charge in [0.05, 0.1) is 6.54 Å². The number of hydrogen-bond acceptors (Lipinski definition) is 12. The Morgan fingerprint density at radius 3 is 1.51 bits per heavy atom. The Morgan fingerprint density at radius 2 is 1.11 bits per heavy atom. The van der Waals surface area contributed by atoms with Crippen LogP contribution in [-0.2, 0) is 25.7 Å². The molecule has 0 atom stereocenters. The molecule has 1 aliphatic heterocycles. The standard InChI is InChI=1S/C28H43GeN9O7/c1-29(2,3)23-13-21(12-22(14-23)28-33-31-20-32-34-28)15-30-24(39)16-35-4-6-36(17-25(40)41)8-10-38(19-27(44)45)11-9-37(7-5-35)18-26(42)43/h12-14,20H,4-11,15-19H2,1-3H3,(H,30,39)(H,40,41)(H,42,43)(H,44,45). The van der Waals surface area contributed by atoms with Crippen LogP contribution in [0.15, 0.2) is 24.5 Å². The second-order valence-corrected chi connectivity index (χ2v) is 22.8. The van der Waals surface area contributed by atoms with E-state index in [9.17, 15) is 34.5 Å². The van der Waals surface area contributed by atoms with Gasteiger partial charge in [-0.05, 0) is 0 Å². The van der Waals surface area contributed by atoms with Crippen molar-refractivity contribution in [3.8, 4) is 11.4 Å². The van der Waals surface area contributed by atoms with E-state index in [1.54, 1.807) is 14.7 Å². The van der Waals surface area contributed by atoms with E-state index in [4.69, 9.17) is 0 Å². The number of aromatic nitrogens is 4. The summed E-state index contributed by atoms with van der Waals surface area (Å²) < 4.78 is 1.21. The van der Waals surface area contributed by atoms with Crippen molar-refractivity contribution in [3.63, 3.8) is 0 Å². The molecule has 1 fully saturated rings. The van der Waals surface area contributed by atoms with E-state index in [1.165, 1.54) is 10.7 Å². The van der Waals surface area contributed by atoms with E-state index in [0.717, 1.165) is 11.1 Å². The Bertz CT molecular complexity index is 1280. The fourth-order valence-electron chi connectivity index (χ4n) is 4.92. The molecule has 246 valence electrons. The van der Waals surface area contributed by atoms with Crippen molar-refractivity contribution in [3.05, 3.63) is 30.1 Å².